The molecule has 0 aliphatic carbocycles. The number of ether oxygens (including phenoxy) is 2. The van der Waals surface area contributed by atoms with Crippen molar-refractivity contribution in [1.82, 2.24) is 0 Å². The Morgan fingerprint density at radius 1 is 1.00 bits per heavy atom. The first-order valence-electron chi connectivity index (χ1n) is 6.90. The predicted octanol–water partition coefficient (Wildman–Crippen LogP) is 2.65. The fraction of sp³-hybridized carbons (Fsp3) is 0.188. The standard InChI is InChI=1S/C16H15FN2O3/c17-11-1-3-12(4-2-11)18-10-16(20)19-13-5-6-14-15(9-13)22-8-7-21-14/h1-6,9,18H,7-8,10H2,(H,19,20). The molecule has 114 valence electrons. The van der Waals surface area contributed by atoms with Crippen LogP contribution in [0, 0.1) is 5.82 Å². The Balaban J connectivity index is 1.56. The first-order valence-corrected chi connectivity index (χ1v) is 6.90. The van der Waals surface area contributed by atoms with E-state index in [0.717, 1.165) is 0 Å². The van der Waals surface area contributed by atoms with Gasteiger partial charge in [-0.25, -0.2) is 4.39 Å². The van der Waals surface area contributed by atoms with Gasteiger partial charge in [0.1, 0.15) is 19.0 Å². The average Bonchev–Trinajstić information content (AvgIpc) is 2.54. The van der Waals surface area contributed by atoms with Gasteiger partial charge >= 0.3 is 0 Å². The van der Waals surface area contributed by atoms with Gasteiger partial charge in [-0.05, 0) is 36.4 Å². The van der Waals surface area contributed by atoms with Gasteiger partial charge in [0.2, 0.25) is 5.91 Å². The molecule has 6 heteroatoms. The second-order valence-corrected chi connectivity index (χ2v) is 4.77. The van der Waals surface area contributed by atoms with Gasteiger partial charge in [-0.15, -0.1) is 0 Å². The highest BCUT2D eigenvalue weighted by atomic mass is 19.1. The zero-order valence-electron chi connectivity index (χ0n) is 11.8. The van der Waals surface area contributed by atoms with Gasteiger partial charge in [-0.2, -0.15) is 0 Å². The minimum absolute atomic E-state index is 0.0834. The fourth-order valence-electron chi connectivity index (χ4n) is 2.08. The minimum Gasteiger partial charge on any atom is -0.486 e. The summed E-state index contributed by atoms with van der Waals surface area (Å²) in [7, 11) is 0. The average molecular weight is 302 g/mol. The van der Waals surface area contributed by atoms with Crippen LogP contribution in [0.5, 0.6) is 11.5 Å². The maximum atomic E-state index is 12.8. The normalized spacial score (nSPS) is 12.6. The van der Waals surface area contributed by atoms with Crippen molar-refractivity contribution < 1.29 is 18.7 Å². The number of amides is 1. The topological polar surface area (TPSA) is 59.6 Å². The molecule has 0 saturated heterocycles. The molecule has 0 atom stereocenters. The minimum atomic E-state index is -0.314. The summed E-state index contributed by atoms with van der Waals surface area (Å²) >= 11 is 0. The lowest BCUT2D eigenvalue weighted by molar-refractivity contribution is -0.114. The van der Waals surface area contributed by atoms with Crippen LogP contribution < -0.4 is 20.1 Å². The summed E-state index contributed by atoms with van der Waals surface area (Å²) < 4.78 is 23.7. The summed E-state index contributed by atoms with van der Waals surface area (Å²) in [6, 6.07) is 11.1. The number of nitrogens with one attached hydrogen (secondary N) is 2. The summed E-state index contributed by atoms with van der Waals surface area (Å²) in [5.74, 6) is 0.775. The highest BCUT2D eigenvalue weighted by Crippen LogP contribution is 2.32. The number of carbonyl (C=O) groups is 1. The van der Waals surface area contributed by atoms with Crippen LogP contribution in [-0.2, 0) is 4.79 Å². The number of benzene rings is 2. The molecule has 1 amide bonds. The molecule has 0 radical (unpaired) electrons. The number of halogens is 1. The maximum absolute atomic E-state index is 12.8. The Kier molecular flexibility index (Phi) is 4.09. The van der Waals surface area contributed by atoms with E-state index < -0.39 is 0 Å². The molecule has 1 heterocycles. The van der Waals surface area contributed by atoms with Crippen molar-refractivity contribution in [3.05, 3.63) is 48.3 Å². The number of carbonyl (C=O) groups excluding carboxylic acids is 1. The van der Waals surface area contributed by atoms with Gasteiger partial charge in [0, 0.05) is 17.4 Å². The lowest BCUT2D eigenvalue weighted by atomic mass is 10.2. The van der Waals surface area contributed by atoms with E-state index in [-0.39, 0.29) is 18.3 Å². The quantitative estimate of drug-likeness (QED) is 0.911. The van der Waals surface area contributed by atoms with Crippen LogP contribution in [0.1, 0.15) is 0 Å². The van der Waals surface area contributed by atoms with E-state index in [1.807, 2.05) is 0 Å². The number of hydrogen-bond donors (Lipinski definition) is 2. The molecule has 2 aromatic carbocycles. The fourth-order valence-corrected chi connectivity index (χ4v) is 2.08. The van der Waals surface area contributed by atoms with Gasteiger partial charge in [-0.3, -0.25) is 4.79 Å². The summed E-state index contributed by atoms with van der Waals surface area (Å²) in [5, 5.41) is 5.68. The van der Waals surface area contributed by atoms with Crippen molar-refractivity contribution in [2.24, 2.45) is 0 Å². The highest BCUT2D eigenvalue weighted by molar-refractivity contribution is 5.94. The molecule has 1 aliphatic heterocycles. The van der Waals surface area contributed by atoms with Crippen molar-refractivity contribution >= 4 is 17.3 Å². The number of hydrogen-bond acceptors (Lipinski definition) is 4. The zero-order valence-corrected chi connectivity index (χ0v) is 11.8. The molecule has 1 aliphatic rings. The van der Waals surface area contributed by atoms with Crippen molar-refractivity contribution in [2.45, 2.75) is 0 Å². The van der Waals surface area contributed by atoms with Crippen molar-refractivity contribution in [3.63, 3.8) is 0 Å². The van der Waals surface area contributed by atoms with E-state index in [4.69, 9.17) is 9.47 Å². The molecule has 0 spiro atoms. The molecule has 2 aromatic rings. The largest absolute Gasteiger partial charge is 0.486 e. The van der Waals surface area contributed by atoms with Crippen molar-refractivity contribution in [2.75, 3.05) is 30.4 Å². The number of rotatable bonds is 4. The Bertz CT molecular complexity index is 674. The summed E-state index contributed by atoms with van der Waals surface area (Å²) in [6.07, 6.45) is 0. The molecule has 22 heavy (non-hydrogen) atoms. The van der Waals surface area contributed by atoms with E-state index in [1.165, 1.54) is 12.1 Å². The Morgan fingerprint density at radius 2 is 1.68 bits per heavy atom. The van der Waals surface area contributed by atoms with Crippen LogP contribution in [-0.4, -0.2) is 25.7 Å². The second-order valence-electron chi connectivity index (χ2n) is 4.77. The van der Waals surface area contributed by atoms with E-state index in [1.54, 1.807) is 30.3 Å². The van der Waals surface area contributed by atoms with E-state index >= 15 is 0 Å². The van der Waals surface area contributed by atoms with Gasteiger partial charge in [-0.1, -0.05) is 0 Å². The monoisotopic (exact) mass is 302 g/mol. The number of fused-ring (bicyclic) bond motifs is 1. The first-order chi connectivity index (χ1) is 10.7. The van der Waals surface area contributed by atoms with Crippen LogP contribution in [0.2, 0.25) is 0 Å². The lowest BCUT2D eigenvalue weighted by Crippen LogP contribution is -2.22. The van der Waals surface area contributed by atoms with Crippen LogP contribution in [0.25, 0.3) is 0 Å². The third kappa shape index (κ3) is 3.46. The van der Waals surface area contributed by atoms with Crippen LogP contribution >= 0.6 is 0 Å². The molecule has 0 fully saturated rings. The van der Waals surface area contributed by atoms with E-state index in [9.17, 15) is 9.18 Å². The van der Waals surface area contributed by atoms with Gasteiger partial charge in [0.25, 0.3) is 0 Å². The summed E-state index contributed by atoms with van der Waals surface area (Å²) in [4.78, 5) is 11.9. The Labute approximate surface area is 127 Å². The third-order valence-electron chi connectivity index (χ3n) is 3.12. The molecule has 3 rings (SSSR count). The Morgan fingerprint density at radius 3 is 2.45 bits per heavy atom. The van der Waals surface area contributed by atoms with Crippen LogP contribution in [0.15, 0.2) is 42.5 Å². The number of anilines is 2. The predicted molar refractivity (Wildman–Crippen MR) is 81.0 cm³/mol. The summed E-state index contributed by atoms with van der Waals surface area (Å²) in [5.41, 5.74) is 1.31. The first kappa shape index (κ1) is 14.2. The molecular formula is C16H15FN2O3. The highest BCUT2D eigenvalue weighted by Gasteiger charge is 2.12. The maximum Gasteiger partial charge on any atom is 0.243 e. The Hall–Kier alpha value is -2.76. The molecule has 0 aromatic heterocycles. The van der Waals surface area contributed by atoms with E-state index in [0.29, 0.717) is 36.1 Å². The van der Waals surface area contributed by atoms with Crippen LogP contribution in [0.3, 0.4) is 0 Å². The summed E-state index contributed by atoms with van der Waals surface area (Å²) in [6.45, 7) is 1.11. The second kappa shape index (κ2) is 6.34. The lowest BCUT2D eigenvalue weighted by Gasteiger charge is -2.19. The SMILES string of the molecule is O=C(CNc1ccc(F)cc1)Nc1ccc2c(c1)OCCO2. The van der Waals surface area contributed by atoms with Crippen LogP contribution in [0.4, 0.5) is 15.8 Å². The van der Waals surface area contributed by atoms with Gasteiger partial charge in [0.15, 0.2) is 11.5 Å². The van der Waals surface area contributed by atoms with Gasteiger partial charge in [0.05, 0.1) is 6.54 Å². The molecule has 5 nitrogen and oxygen atoms in total. The van der Waals surface area contributed by atoms with Gasteiger partial charge < -0.3 is 20.1 Å². The molecular weight excluding hydrogens is 287 g/mol. The van der Waals surface area contributed by atoms with Crippen molar-refractivity contribution in [3.8, 4) is 11.5 Å². The molecule has 0 saturated carbocycles. The smallest absolute Gasteiger partial charge is 0.243 e. The van der Waals surface area contributed by atoms with Crippen molar-refractivity contribution in [1.29, 1.82) is 0 Å². The molecule has 2 N–H and O–H groups in total. The molecule has 0 unspecified atom stereocenters. The van der Waals surface area contributed by atoms with E-state index in [2.05, 4.69) is 10.6 Å². The molecule has 0 bridgehead atoms. The zero-order chi connectivity index (χ0) is 15.4. The third-order valence-corrected chi connectivity index (χ3v) is 3.12.